The van der Waals surface area contributed by atoms with Gasteiger partial charge in [0.15, 0.2) is 12.6 Å². The summed E-state index contributed by atoms with van der Waals surface area (Å²) in [7, 11) is 0. The molecule has 0 bridgehead atoms. The highest BCUT2D eigenvalue weighted by Crippen LogP contribution is 2.30. The number of nitrogens with one attached hydrogen (secondary N) is 3. The van der Waals surface area contributed by atoms with E-state index in [0.29, 0.717) is 32.7 Å². The van der Waals surface area contributed by atoms with Gasteiger partial charge in [0.25, 0.3) is 0 Å². The van der Waals surface area contributed by atoms with Crippen molar-refractivity contribution >= 4 is 17.7 Å². The van der Waals surface area contributed by atoms with E-state index in [2.05, 4.69) is 16.0 Å². The molecule has 29 nitrogen and oxygen atoms in total. The van der Waals surface area contributed by atoms with Crippen LogP contribution < -0.4 is 16.0 Å². The summed E-state index contributed by atoms with van der Waals surface area (Å²) >= 11 is 0. The summed E-state index contributed by atoms with van der Waals surface area (Å²) in [5.41, 5.74) is -0.714. The van der Waals surface area contributed by atoms with E-state index < -0.39 is 98.0 Å². The van der Waals surface area contributed by atoms with Crippen LogP contribution >= 0.6 is 0 Å². The molecule has 15 unspecified atom stereocenters. The first kappa shape index (κ1) is 74.7. The maximum Gasteiger partial charge on any atom is 0.222 e. The zero-order chi connectivity index (χ0) is 60.8. The molecule has 0 aromatic rings. The third-order valence-electron chi connectivity index (χ3n) is 14.2. The van der Waals surface area contributed by atoms with Gasteiger partial charge in [-0.2, -0.15) is 0 Å². The minimum Gasteiger partial charge on any atom is -0.394 e. The molecular weight excluding hydrogens is 1110 g/mol. The average Bonchev–Trinajstić information content (AvgIpc) is 3.53. The Labute approximate surface area is 487 Å². The number of aliphatic hydroxyl groups excluding tert-OH is 9. The number of rotatable bonds is 48. The van der Waals surface area contributed by atoms with Gasteiger partial charge in [-0.25, -0.2) is 0 Å². The highest BCUT2D eigenvalue weighted by Gasteiger charge is 2.44. The zero-order valence-electron chi connectivity index (χ0n) is 49.0. The molecule has 83 heavy (non-hydrogen) atoms. The molecule has 29 heteroatoms. The number of carbonyl (C=O) groups excluding carboxylic acids is 3. The summed E-state index contributed by atoms with van der Waals surface area (Å²) in [6, 6.07) is 0. The number of aliphatic hydroxyl groups is 9. The van der Waals surface area contributed by atoms with E-state index in [0.717, 1.165) is 0 Å². The number of hydrogen-bond acceptors (Lipinski definition) is 26. The lowest BCUT2D eigenvalue weighted by molar-refractivity contribution is -0.284. The Hall–Kier alpha value is -2.51. The molecule has 0 radical (unpaired) electrons. The monoisotopic (exact) mass is 1210 g/mol. The van der Waals surface area contributed by atoms with Crippen molar-refractivity contribution < 1.29 is 127 Å². The topological polar surface area (TPSA) is 399 Å². The maximum absolute atomic E-state index is 12.5. The number of ether oxygens (including phenoxy) is 14. The average molecular weight is 1210 g/mol. The van der Waals surface area contributed by atoms with Crippen molar-refractivity contribution in [2.45, 2.75) is 133 Å². The second-order valence-electron chi connectivity index (χ2n) is 21.2. The molecule has 3 aliphatic rings. The van der Waals surface area contributed by atoms with E-state index in [4.69, 9.17) is 66.3 Å². The van der Waals surface area contributed by atoms with Crippen LogP contribution in [0.3, 0.4) is 0 Å². The molecular formula is C54H101N3O26. The van der Waals surface area contributed by atoms with Crippen molar-refractivity contribution in [3.05, 3.63) is 0 Å². The Morgan fingerprint density at radius 1 is 0.386 bits per heavy atom. The van der Waals surface area contributed by atoms with Crippen LogP contribution in [0, 0.1) is 23.2 Å². The Bertz CT molecular complexity index is 1500. The zero-order valence-corrected chi connectivity index (χ0v) is 49.0. The molecule has 0 aromatic carbocycles. The fourth-order valence-corrected chi connectivity index (χ4v) is 8.91. The smallest absolute Gasteiger partial charge is 0.222 e. The van der Waals surface area contributed by atoms with Gasteiger partial charge in [0, 0.05) is 68.7 Å². The molecule has 488 valence electrons. The van der Waals surface area contributed by atoms with Crippen LogP contribution in [0.2, 0.25) is 0 Å². The van der Waals surface area contributed by atoms with E-state index in [1.54, 1.807) is 20.8 Å². The van der Waals surface area contributed by atoms with Crippen LogP contribution in [0.4, 0.5) is 0 Å². The summed E-state index contributed by atoms with van der Waals surface area (Å²) in [5.74, 6) is -2.01. The van der Waals surface area contributed by atoms with Gasteiger partial charge in [-0.15, -0.1) is 0 Å². The Morgan fingerprint density at radius 3 is 1.06 bits per heavy atom. The lowest BCUT2D eigenvalue weighted by Gasteiger charge is -2.41. The van der Waals surface area contributed by atoms with Crippen molar-refractivity contribution in [3.8, 4) is 0 Å². The fraction of sp³-hybridized carbons (Fsp3) is 0.944. The Morgan fingerprint density at radius 2 is 0.699 bits per heavy atom. The van der Waals surface area contributed by atoms with Gasteiger partial charge in [-0.1, -0.05) is 27.7 Å². The van der Waals surface area contributed by atoms with Crippen LogP contribution in [-0.2, 0) is 80.7 Å². The van der Waals surface area contributed by atoms with Crippen LogP contribution in [0.25, 0.3) is 0 Å². The molecule has 0 spiro atoms. The normalized spacial score (nSPS) is 29.1. The van der Waals surface area contributed by atoms with Crippen LogP contribution in [-0.4, -0.2) is 309 Å². The lowest BCUT2D eigenvalue weighted by Crippen LogP contribution is -2.55. The Balaban J connectivity index is 1.26. The van der Waals surface area contributed by atoms with Gasteiger partial charge < -0.3 is 128 Å². The summed E-state index contributed by atoms with van der Waals surface area (Å²) < 4.78 is 79.0. The van der Waals surface area contributed by atoms with Crippen molar-refractivity contribution in [2.75, 3.05) is 172 Å². The first-order valence-corrected chi connectivity index (χ1v) is 29.1. The molecule has 0 aliphatic carbocycles. The third kappa shape index (κ3) is 29.8. The molecule has 3 amide bonds. The van der Waals surface area contributed by atoms with Crippen LogP contribution in [0.5, 0.6) is 0 Å². The summed E-state index contributed by atoms with van der Waals surface area (Å²) in [6.07, 6.45) is -9.83. The van der Waals surface area contributed by atoms with Gasteiger partial charge in [0.2, 0.25) is 17.7 Å². The summed E-state index contributed by atoms with van der Waals surface area (Å²) in [4.78, 5) is 37.6. The van der Waals surface area contributed by atoms with Gasteiger partial charge >= 0.3 is 0 Å². The predicted molar refractivity (Wildman–Crippen MR) is 290 cm³/mol. The first-order valence-electron chi connectivity index (χ1n) is 29.1. The number of amides is 3. The molecule has 15 atom stereocenters. The minimum absolute atomic E-state index is 0.0757. The van der Waals surface area contributed by atoms with Crippen molar-refractivity contribution in [3.63, 3.8) is 0 Å². The standard InChI is InChI=1S/C54H101N3O26/c1-36-39(81-40(30-58)49(67)46(36)64)6-5-13-70-20-21-71-17-10-55-43(61)7-14-76-33-54(4,34-77-15-8-44(62)56-11-18-72-22-24-74-26-28-79-52-37(2)47(65)50(68)41(31-59)82-52)35-78-16-9-45(63)57-12-19-73-23-25-75-27-29-80-53-38(3)48(66)51(69)42(32-60)83-53/h36-42,46-53,58-60,64-69H,5-35H2,1-4H3,(H,55,61)(H,56,62)(H,57,63). The molecule has 3 aliphatic heterocycles. The fourth-order valence-electron chi connectivity index (χ4n) is 8.91. The van der Waals surface area contributed by atoms with E-state index in [1.165, 1.54) is 0 Å². The summed E-state index contributed by atoms with van der Waals surface area (Å²) in [6.45, 7) is 11.0. The molecule has 0 saturated carbocycles. The SMILES string of the molecule is CC1C(CCCOCCOCCNC(=O)CCOCC(C)(COCCC(=O)NCCOCCOCCOC2OC(CO)C(O)C(O)C2C)COCCC(=O)NCCOCCOCCOC2OC(CO)C(O)C(O)C2C)OC(CO)C(O)C1O. The predicted octanol–water partition coefficient (Wildman–Crippen LogP) is -4.26. The Kier molecular flexibility index (Phi) is 39.6. The van der Waals surface area contributed by atoms with Crippen LogP contribution in [0.1, 0.15) is 59.8 Å². The molecule has 3 heterocycles. The van der Waals surface area contributed by atoms with Gasteiger partial charge in [0.05, 0.1) is 170 Å². The van der Waals surface area contributed by atoms with Gasteiger partial charge in [-0.3, -0.25) is 14.4 Å². The highest BCUT2D eigenvalue weighted by molar-refractivity contribution is 5.76. The van der Waals surface area contributed by atoms with Crippen molar-refractivity contribution in [1.29, 1.82) is 0 Å². The molecule has 3 fully saturated rings. The molecule has 12 N–H and O–H groups in total. The second kappa shape index (κ2) is 44.0. The number of carbonyl (C=O) groups is 3. The molecule has 3 saturated heterocycles. The summed E-state index contributed by atoms with van der Waals surface area (Å²) in [5, 5.41) is 97.1. The molecule has 0 aromatic heterocycles. The van der Waals surface area contributed by atoms with E-state index in [1.807, 2.05) is 6.92 Å². The molecule has 3 rings (SSSR count). The number of hydrogen-bond donors (Lipinski definition) is 12. The highest BCUT2D eigenvalue weighted by atomic mass is 16.7. The minimum atomic E-state index is -1.20. The largest absolute Gasteiger partial charge is 0.394 e. The van der Waals surface area contributed by atoms with E-state index in [-0.39, 0.29) is 188 Å². The van der Waals surface area contributed by atoms with Gasteiger partial charge in [0.1, 0.15) is 36.6 Å². The first-order chi connectivity index (χ1) is 40.0. The van der Waals surface area contributed by atoms with Crippen molar-refractivity contribution in [2.24, 2.45) is 23.2 Å². The lowest BCUT2D eigenvalue weighted by atomic mass is 9.86. The van der Waals surface area contributed by atoms with E-state index in [9.17, 15) is 60.3 Å². The quantitative estimate of drug-likeness (QED) is 0.0257. The second-order valence-corrected chi connectivity index (χ2v) is 21.2. The van der Waals surface area contributed by atoms with Crippen molar-refractivity contribution in [1.82, 2.24) is 16.0 Å². The maximum atomic E-state index is 12.5. The van der Waals surface area contributed by atoms with E-state index >= 15 is 0 Å². The van der Waals surface area contributed by atoms with Gasteiger partial charge in [-0.05, 0) is 12.8 Å². The van der Waals surface area contributed by atoms with Crippen LogP contribution in [0.15, 0.2) is 0 Å². The third-order valence-corrected chi connectivity index (χ3v) is 14.2.